The molecule has 1 N–H and O–H groups in total. The fraction of sp³-hybridized carbons (Fsp3) is 0.111. The molecule has 6 heteroatoms. The van der Waals surface area contributed by atoms with Gasteiger partial charge in [0.05, 0.1) is 17.9 Å². The SMILES string of the molecule is O=C(c1ccc(Cl)cc1Cl)C(O)(Cn1ccnc1)c1ccccc1. The Morgan fingerprint density at radius 2 is 1.92 bits per heavy atom. The summed E-state index contributed by atoms with van der Waals surface area (Å²) in [4.78, 5) is 17.1. The van der Waals surface area contributed by atoms with Crippen molar-refractivity contribution >= 4 is 29.0 Å². The van der Waals surface area contributed by atoms with E-state index < -0.39 is 11.4 Å². The smallest absolute Gasteiger partial charge is 0.202 e. The Labute approximate surface area is 149 Å². The summed E-state index contributed by atoms with van der Waals surface area (Å²) < 4.78 is 1.65. The molecule has 1 heterocycles. The topological polar surface area (TPSA) is 55.1 Å². The summed E-state index contributed by atoms with van der Waals surface area (Å²) in [6, 6.07) is 13.4. The molecule has 0 aliphatic rings. The van der Waals surface area contributed by atoms with Crippen LogP contribution in [0.4, 0.5) is 0 Å². The highest BCUT2D eigenvalue weighted by atomic mass is 35.5. The maximum atomic E-state index is 13.1. The van der Waals surface area contributed by atoms with E-state index in [9.17, 15) is 9.90 Å². The number of nitrogens with zero attached hydrogens (tertiary/aromatic N) is 2. The molecular weight excluding hydrogens is 347 g/mol. The van der Waals surface area contributed by atoms with Gasteiger partial charge >= 0.3 is 0 Å². The number of Topliss-reactive ketones (excluding diaryl/α,β-unsaturated/α-hetero) is 1. The van der Waals surface area contributed by atoms with Crippen molar-refractivity contribution in [1.29, 1.82) is 0 Å². The van der Waals surface area contributed by atoms with Crippen LogP contribution in [0.5, 0.6) is 0 Å². The third kappa shape index (κ3) is 3.22. The molecule has 0 saturated heterocycles. The van der Waals surface area contributed by atoms with E-state index in [2.05, 4.69) is 4.98 Å². The number of benzene rings is 2. The molecule has 4 nitrogen and oxygen atoms in total. The summed E-state index contributed by atoms with van der Waals surface area (Å²) in [6.07, 6.45) is 4.82. The van der Waals surface area contributed by atoms with E-state index in [1.54, 1.807) is 53.6 Å². The first-order valence-electron chi connectivity index (χ1n) is 7.24. The molecule has 0 radical (unpaired) electrons. The van der Waals surface area contributed by atoms with Crippen LogP contribution >= 0.6 is 23.2 Å². The quantitative estimate of drug-likeness (QED) is 0.700. The van der Waals surface area contributed by atoms with E-state index in [0.29, 0.717) is 10.6 Å². The number of carbonyl (C=O) groups excluding carboxylic acids is 1. The second-order valence-electron chi connectivity index (χ2n) is 5.41. The maximum absolute atomic E-state index is 13.1. The minimum atomic E-state index is -1.78. The molecule has 0 spiro atoms. The van der Waals surface area contributed by atoms with Crippen molar-refractivity contribution in [2.24, 2.45) is 0 Å². The molecular formula is C18H14Cl2N2O2. The highest BCUT2D eigenvalue weighted by Crippen LogP contribution is 2.31. The van der Waals surface area contributed by atoms with Gasteiger partial charge in [0.15, 0.2) is 5.60 Å². The van der Waals surface area contributed by atoms with E-state index in [1.807, 2.05) is 6.07 Å². The van der Waals surface area contributed by atoms with Crippen molar-refractivity contribution < 1.29 is 9.90 Å². The van der Waals surface area contributed by atoms with Gasteiger partial charge < -0.3 is 9.67 Å². The first-order valence-corrected chi connectivity index (χ1v) is 8.00. The van der Waals surface area contributed by atoms with Crippen LogP contribution in [0.1, 0.15) is 15.9 Å². The van der Waals surface area contributed by atoms with E-state index in [1.165, 1.54) is 12.1 Å². The van der Waals surface area contributed by atoms with Gasteiger partial charge in [-0.2, -0.15) is 0 Å². The molecule has 24 heavy (non-hydrogen) atoms. The zero-order chi connectivity index (χ0) is 17.2. The second-order valence-corrected chi connectivity index (χ2v) is 6.26. The Balaban J connectivity index is 2.08. The number of carbonyl (C=O) groups is 1. The first-order chi connectivity index (χ1) is 11.5. The van der Waals surface area contributed by atoms with Crippen molar-refractivity contribution in [3.63, 3.8) is 0 Å². The van der Waals surface area contributed by atoms with Gasteiger partial charge in [0.25, 0.3) is 0 Å². The number of hydrogen-bond donors (Lipinski definition) is 1. The predicted octanol–water partition coefficient (Wildman–Crippen LogP) is 3.96. The van der Waals surface area contributed by atoms with Crippen LogP contribution in [0, 0.1) is 0 Å². The van der Waals surface area contributed by atoms with Gasteiger partial charge in [-0.25, -0.2) is 4.98 Å². The third-order valence-electron chi connectivity index (χ3n) is 3.77. The van der Waals surface area contributed by atoms with E-state index in [-0.39, 0.29) is 17.1 Å². The van der Waals surface area contributed by atoms with E-state index in [4.69, 9.17) is 23.2 Å². The molecule has 0 saturated carbocycles. The number of rotatable bonds is 5. The van der Waals surface area contributed by atoms with Gasteiger partial charge in [-0.15, -0.1) is 0 Å². The molecule has 3 aromatic rings. The lowest BCUT2D eigenvalue weighted by Crippen LogP contribution is -2.40. The Morgan fingerprint density at radius 3 is 2.54 bits per heavy atom. The number of hydrogen-bond acceptors (Lipinski definition) is 3. The van der Waals surface area contributed by atoms with Gasteiger partial charge in [-0.05, 0) is 23.8 Å². The zero-order valence-electron chi connectivity index (χ0n) is 12.6. The largest absolute Gasteiger partial charge is 0.375 e. The molecule has 0 amide bonds. The summed E-state index contributed by atoms with van der Waals surface area (Å²) in [7, 11) is 0. The molecule has 1 aromatic heterocycles. The van der Waals surface area contributed by atoms with Crippen LogP contribution in [0.25, 0.3) is 0 Å². The first kappa shape index (κ1) is 16.7. The fourth-order valence-electron chi connectivity index (χ4n) is 2.55. The van der Waals surface area contributed by atoms with E-state index in [0.717, 1.165) is 0 Å². The normalized spacial score (nSPS) is 13.5. The van der Waals surface area contributed by atoms with Crippen LogP contribution in [-0.2, 0) is 12.1 Å². The molecule has 0 aliphatic heterocycles. The molecule has 122 valence electrons. The number of imidazole rings is 1. The maximum Gasteiger partial charge on any atom is 0.202 e. The highest BCUT2D eigenvalue weighted by Gasteiger charge is 2.39. The highest BCUT2D eigenvalue weighted by molar-refractivity contribution is 6.37. The lowest BCUT2D eigenvalue weighted by molar-refractivity contribution is 0.0202. The van der Waals surface area contributed by atoms with Crippen molar-refractivity contribution in [2.75, 3.05) is 0 Å². The Morgan fingerprint density at radius 1 is 1.17 bits per heavy atom. The Kier molecular flexibility index (Phi) is 4.71. The zero-order valence-corrected chi connectivity index (χ0v) is 14.1. The lowest BCUT2D eigenvalue weighted by Gasteiger charge is -2.28. The monoisotopic (exact) mass is 360 g/mol. The molecule has 0 fully saturated rings. The lowest BCUT2D eigenvalue weighted by atomic mass is 9.85. The summed E-state index contributed by atoms with van der Waals surface area (Å²) in [6.45, 7) is 0.0226. The summed E-state index contributed by atoms with van der Waals surface area (Å²) in [5, 5.41) is 11.9. The number of ketones is 1. The van der Waals surface area contributed by atoms with Crippen LogP contribution in [0.2, 0.25) is 10.0 Å². The van der Waals surface area contributed by atoms with Crippen LogP contribution < -0.4 is 0 Å². The minimum Gasteiger partial charge on any atom is -0.375 e. The van der Waals surface area contributed by atoms with Gasteiger partial charge in [0.1, 0.15) is 0 Å². The minimum absolute atomic E-state index is 0.0226. The molecule has 3 rings (SSSR count). The number of aliphatic hydroxyl groups is 1. The van der Waals surface area contributed by atoms with Crippen molar-refractivity contribution in [1.82, 2.24) is 9.55 Å². The van der Waals surface area contributed by atoms with Crippen LogP contribution in [-0.4, -0.2) is 20.4 Å². The molecule has 2 aromatic carbocycles. The molecule has 0 aliphatic carbocycles. The number of halogens is 2. The van der Waals surface area contributed by atoms with E-state index >= 15 is 0 Å². The van der Waals surface area contributed by atoms with Gasteiger partial charge in [-0.1, -0.05) is 53.5 Å². The average molecular weight is 361 g/mol. The second kappa shape index (κ2) is 6.77. The number of aromatic nitrogens is 2. The fourth-order valence-corrected chi connectivity index (χ4v) is 3.04. The van der Waals surface area contributed by atoms with Crippen molar-refractivity contribution in [3.8, 4) is 0 Å². The molecule has 1 atom stereocenters. The van der Waals surface area contributed by atoms with Gasteiger partial charge in [-0.3, -0.25) is 4.79 Å². The summed E-state index contributed by atoms with van der Waals surface area (Å²) in [5.41, 5.74) is -1.08. The average Bonchev–Trinajstić information content (AvgIpc) is 3.08. The molecule has 1 unspecified atom stereocenters. The van der Waals surface area contributed by atoms with Crippen LogP contribution in [0.15, 0.2) is 67.3 Å². The Hall–Kier alpha value is -2.14. The standard InChI is InChI=1S/C18H14Cl2N2O2/c19-14-6-7-15(16(20)10-14)17(23)18(24,11-22-9-8-21-12-22)13-4-2-1-3-5-13/h1-10,12,24H,11H2. The summed E-state index contributed by atoms with van der Waals surface area (Å²) >= 11 is 12.1. The van der Waals surface area contributed by atoms with Crippen LogP contribution in [0.3, 0.4) is 0 Å². The van der Waals surface area contributed by atoms with Gasteiger partial charge in [0, 0.05) is 23.0 Å². The predicted molar refractivity (Wildman–Crippen MR) is 93.4 cm³/mol. The Bertz CT molecular complexity index is 851. The summed E-state index contributed by atoms with van der Waals surface area (Å²) in [5.74, 6) is -0.496. The molecule has 0 bridgehead atoms. The van der Waals surface area contributed by atoms with Crippen molar-refractivity contribution in [2.45, 2.75) is 12.1 Å². The van der Waals surface area contributed by atoms with Crippen molar-refractivity contribution in [3.05, 3.63) is 88.4 Å². The third-order valence-corrected chi connectivity index (χ3v) is 4.32. The van der Waals surface area contributed by atoms with Gasteiger partial charge in [0.2, 0.25) is 5.78 Å².